The van der Waals surface area contributed by atoms with Gasteiger partial charge in [-0.25, -0.2) is 19.7 Å². The molecule has 1 aromatic carbocycles. The number of alkyl carbamates (subject to hydrolysis) is 1. The number of amides is 1. The zero-order valence-corrected chi connectivity index (χ0v) is 15.5. The summed E-state index contributed by atoms with van der Waals surface area (Å²) in [6, 6.07) is 8.21. The Morgan fingerprint density at radius 2 is 1.97 bits per heavy atom. The maximum absolute atomic E-state index is 12.1. The highest BCUT2D eigenvalue weighted by Crippen LogP contribution is 2.32. The predicted octanol–water partition coefficient (Wildman–Crippen LogP) is 0.760. The number of nitrogens with two attached hydrogens (primary N) is 1. The molecule has 1 aliphatic rings. The highest BCUT2D eigenvalue weighted by atomic mass is 16.5. The molecule has 0 spiro atoms. The number of anilines is 1. The lowest BCUT2D eigenvalue weighted by molar-refractivity contribution is -0.0563. The number of nitrogen functional groups attached to an aromatic ring is 1. The molecule has 0 saturated heterocycles. The van der Waals surface area contributed by atoms with Gasteiger partial charge in [0.25, 0.3) is 0 Å². The first-order valence-electron chi connectivity index (χ1n) is 9.31. The molecule has 1 saturated carbocycles. The van der Waals surface area contributed by atoms with E-state index < -0.39 is 30.4 Å². The van der Waals surface area contributed by atoms with Gasteiger partial charge in [-0.3, -0.25) is 0 Å². The second-order valence-corrected chi connectivity index (χ2v) is 7.02. The van der Waals surface area contributed by atoms with Crippen LogP contribution in [0.2, 0.25) is 0 Å². The maximum atomic E-state index is 12.1. The summed E-state index contributed by atoms with van der Waals surface area (Å²) in [5.41, 5.74) is 7.60. The van der Waals surface area contributed by atoms with Crippen LogP contribution in [0.5, 0.6) is 0 Å². The fourth-order valence-corrected chi connectivity index (χ4v) is 3.65. The van der Waals surface area contributed by atoms with E-state index in [-0.39, 0.29) is 12.4 Å². The van der Waals surface area contributed by atoms with Crippen LogP contribution in [0.15, 0.2) is 43.0 Å². The van der Waals surface area contributed by atoms with Crippen molar-refractivity contribution in [2.75, 3.05) is 5.73 Å². The molecule has 2 aromatic heterocycles. The first-order chi connectivity index (χ1) is 14.0. The van der Waals surface area contributed by atoms with Crippen molar-refractivity contribution < 1.29 is 19.7 Å². The van der Waals surface area contributed by atoms with Crippen LogP contribution in [0.25, 0.3) is 11.2 Å². The number of imidazole rings is 1. The number of nitrogens with zero attached hydrogens (tertiary/aromatic N) is 4. The SMILES string of the molecule is Nc1ncnc2c1ncn2[C@@H]1CC[C@@H](NC(=O)OCc2ccccc2)[C@H](O)[C@H]1O. The molecule has 1 aliphatic carbocycles. The topological polar surface area (TPSA) is 148 Å². The van der Waals surface area contributed by atoms with E-state index in [1.807, 2.05) is 30.3 Å². The summed E-state index contributed by atoms with van der Waals surface area (Å²) in [6.07, 6.45) is 0.858. The van der Waals surface area contributed by atoms with E-state index in [2.05, 4.69) is 20.3 Å². The number of rotatable bonds is 4. The van der Waals surface area contributed by atoms with Crippen LogP contribution in [0.3, 0.4) is 0 Å². The zero-order valence-electron chi connectivity index (χ0n) is 15.5. The van der Waals surface area contributed by atoms with Crippen LogP contribution >= 0.6 is 0 Å². The predicted molar refractivity (Wildman–Crippen MR) is 104 cm³/mol. The van der Waals surface area contributed by atoms with Gasteiger partial charge in [0.2, 0.25) is 0 Å². The Bertz CT molecular complexity index is 995. The number of ether oxygens (including phenoxy) is 1. The summed E-state index contributed by atoms with van der Waals surface area (Å²) >= 11 is 0. The Morgan fingerprint density at radius 1 is 1.17 bits per heavy atom. The van der Waals surface area contributed by atoms with E-state index in [0.717, 1.165) is 5.56 Å². The molecule has 5 N–H and O–H groups in total. The minimum atomic E-state index is -1.17. The van der Waals surface area contributed by atoms with Crippen LogP contribution < -0.4 is 11.1 Å². The van der Waals surface area contributed by atoms with Gasteiger partial charge in [-0.1, -0.05) is 30.3 Å². The lowest BCUT2D eigenvalue weighted by atomic mass is 9.86. The molecule has 10 nitrogen and oxygen atoms in total. The van der Waals surface area contributed by atoms with Gasteiger partial charge in [-0.2, -0.15) is 0 Å². The molecule has 0 radical (unpaired) electrons. The lowest BCUT2D eigenvalue weighted by Gasteiger charge is -2.38. The minimum Gasteiger partial charge on any atom is -0.445 e. The molecular formula is C19H22N6O4. The van der Waals surface area contributed by atoms with Gasteiger partial charge in [0.15, 0.2) is 11.5 Å². The van der Waals surface area contributed by atoms with E-state index in [1.165, 1.54) is 12.7 Å². The summed E-state index contributed by atoms with van der Waals surface area (Å²) in [6.45, 7) is 0.128. The highest BCUT2D eigenvalue weighted by Gasteiger charge is 2.40. The molecular weight excluding hydrogens is 376 g/mol. The van der Waals surface area contributed by atoms with Crippen LogP contribution in [-0.2, 0) is 11.3 Å². The number of carbonyl (C=O) groups is 1. The second kappa shape index (κ2) is 8.02. The third kappa shape index (κ3) is 3.84. The third-order valence-corrected chi connectivity index (χ3v) is 5.19. The number of fused-ring (bicyclic) bond motifs is 1. The van der Waals surface area contributed by atoms with Crippen LogP contribution in [0.4, 0.5) is 10.6 Å². The van der Waals surface area contributed by atoms with Crippen molar-refractivity contribution in [1.82, 2.24) is 24.8 Å². The number of carbonyl (C=O) groups excluding carboxylic acids is 1. The van der Waals surface area contributed by atoms with Crippen LogP contribution in [-0.4, -0.2) is 54.1 Å². The Morgan fingerprint density at radius 3 is 2.76 bits per heavy atom. The molecule has 2 heterocycles. The molecule has 152 valence electrons. The summed E-state index contributed by atoms with van der Waals surface area (Å²) < 4.78 is 6.88. The zero-order chi connectivity index (χ0) is 20.4. The summed E-state index contributed by atoms with van der Waals surface area (Å²) in [4.78, 5) is 24.4. The first-order valence-corrected chi connectivity index (χ1v) is 9.31. The number of aliphatic hydroxyl groups excluding tert-OH is 2. The van der Waals surface area contributed by atoms with Gasteiger partial charge in [0, 0.05) is 0 Å². The van der Waals surface area contributed by atoms with Crippen molar-refractivity contribution in [1.29, 1.82) is 0 Å². The first kappa shape index (κ1) is 19.1. The average molecular weight is 398 g/mol. The van der Waals surface area contributed by atoms with E-state index in [1.54, 1.807) is 4.57 Å². The van der Waals surface area contributed by atoms with Crippen molar-refractivity contribution in [3.63, 3.8) is 0 Å². The van der Waals surface area contributed by atoms with E-state index in [9.17, 15) is 15.0 Å². The highest BCUT2D eigenvalue weighted by molar-refractivity contribution is 5.81. The minimum absolute atomic E-state index is 0.128. The van der Waals surface area contributed by atoms with Gasteiger partial charge in [0.05, 0.1) is 18.4 Å². The van der Waals surface area contributed by atoms with Crippen molar-refractivity contribution in [2.24, 2.45) is 0 Å². The fourth-order valence-electron chi connectivity index (χ4n) is 3.65. The van der Waals surface area contributed by atoms with Gasteiger partial charge in [0.1, 0.15) is 30.7 Å². The summed E-state index contributed by atoms with van der Waals surface area (Å²) in [7, 11) is 0. The fraction of sp³-hybridized carbons (Fsp3) is 0.368. The smallest absolute Gasteiger partial charge is 0.407 e. The Balaban J connectivity index is 1.40. The lowest BCUT2D eigenvalue weighted by Crippen LogP contribution is -2.54. The van der Waals surface area contributed by atoms with Gasteiger partial charge >= 0.3 is 6.09 Å². The molecule has 4 atom stereocenters. The van der Waals surface area contributed by atoms with E-state index in [4.69, 9.17) is 10.5 Å². The molecule has 0 aliphatic heterocycles. The number of aromatic nitrogens is 4. The van der Waals surface area contributed by atoms with Gasteiger partial charge in [-0.15, -0.1) is 0 Å². The summed E-state index contributed by atoms with van der Waals surface area (Å²) in [5.74, 6) is 0.250. The Hall–Kier alpha value is -3.24. The number of aliphatic hydroxyl groups is 2. The Kier molecular flexibility index (Phi) is 5.28. The van der Waals surface area contributed by atoms with Gasteiger partial charge < -0.3 is 30.6 Å². The number of nitrogens with one attached hydrogen (secondary N) is 1. The monoisotopic (exact) mass is 398 g/mol. The molecule has 10 heteroatoms. The number of hydrogen-bond acceptors (Lipinski definition) is 8. The van der Waals surface area contributed by atoms with Crippen LogP contribution in [0.1, 0.15) is 24.4 Å². The van der Waals surface area contributed by atoms with E-state index >= 15 is 0 Å². The molecule has 0 bridgehead atoms. The Labute approximate surface area is 166 Å². The van der Waals surface area contributed by atoms with E-state index in [0.29, 0.717) is 24.0 Å². The molecule has 29 heavy (non-hydrogen) atoms. The standard InChI is InChI=1S/C19H22N6O4/c20-17-14-18(22-9-21-17)25(10-23-14)13-7-6-12(15(26)16(13)27)24-19(28)29-8-11-4-2-1-3-5-11/h1-5,9-10,12-13,15-16,26-27H,6-8H2,(H,24,28)(H2,20,21,22)/t12-,13-,15+,16+/m1/s1. The molecule has 4 rings (SSSR count). The average Bonchev–Trinajstić information content (AvgIpc) is 3.16. The van der Waals surface area contributed by atoms with Crippen molar-refractivity contribution in [2.45, 2.75) is 43.7 Å². The quantitative estimate of drug-likeness (QED) is 0.503. The van der Waals surface area contributed by atoms with Crippen molar-refractivity contribution in [3.05, 3.63) is 48.5 Å². The molecule has 0 unspecified atom stereocenters. The van der Waals surface area contributed by atoms with Crippen molar-refractivity contribution in [3.8, 4) is 0 Å². The maximum Gasteiger partial charge on any atom is 0.407 e. The molecule has 3 aromatic rings. The van der Waals surface area contributed by atoms with Crippen molar-refractivity contribution >= 4 is 23.1 Å². The number of benzene rings is 1. The van der Waals surface area contributed by atoms with Crippen LogP contribution in [0, 0.1) is 0 Å². The third-order valence-electron chi connectivity index (χ3n) is 5.19. The normalized spacial score (nSPS) is 24.3. The second-order valence-electron chi connectivity index (χ2n) is 7.02. The van der Waals surface area contributed by atoms with Gasteiger partial charge in [-0.05, 0) is 18.4 Å². The summed E-state index contributed by atoms with van der Waals surface area (Å²) in [5, 5.41) is 23.9. The molecule has 1 amide bonds. The molecule has 1 fully saturated rings. The number of hydrogen-bond donors (Lipinski definition) is 4. The largest absolute Gasteiger partial charge is 0.445 e.